The largest absolute Gasteiger partial charge is 0.457 e. The molecule has 0 aromatic heterocycles. The third-order valence-corrected chi connectivity index (χ3v) is 3.55. The summed E-state index contributed by atoms with van der Waals surface area (Å²) >= 11 is 0. The molecule has 2 N–H and O–H groups in total. The number of urea groups is 1. The Morgan fingerprint density at radius 2 is 1.88 bits per heavy atom. The minimum atomic E-state index is -0.410. The van der Waals surface area contributed by atoms with E-state index in [9.17, 15) is 9.90 Å². The van der Waals surface area contributed by atoms with Crippen molar-refractivity contribution in [2.45, 2.75) is 26.0 Å². The van der Waals surface area contributed by atoms with Crippen molar-refractivity contribution < 1.29 is 14.6 Å². The number of amides is 2. The van der Waals surface area contributed by atoms with Gasteiger partial charge < -0.3 is 20.1 Å². The molecule has 0 aliphatic rings. The summed E-state index contributed by atoms with van der Waals surface area (Å²) in [5, 5.41) is 12.1. The Labute approximate surface area is 142 Å². The van der Waals surface area contributed by atoms with Gasteiger partial charge in [-0.15, -0.1) is 0 Å². The molecular formula is C19H24N2O3. The van der Waals surface area contributed by atoms with Gasteiger partial charge >= 0.3 is 6.03 Å². The van der Waals surface area contributed by atoms with Gasteiger partial charge in [0.15, 0.2) is 0 Å². The van der Waals surface area contributed by atoms with Gasteiger partial charge in [-0.25, -0.2) is 4.79 Å². The third kappa shape index (κ3) is 5.93. The predicted octanol–water partition coefficient (Wildman–Crippen LogP) is 3.39. The Morgan fingerprint density at radius 3 is 2.58 bits per heavy atom. The smallest absolute Gasteiger partial charge is 0.317 e. The maximum atomic E-state index is 12.0. The van der Waals surface area contributed by atoms with E-state index in [0.717, 1.165) is 17.1 Å². The van der Waals surface area contributed by atoms with Gasteiger partial charge in [0.2, 0.25) is 0 Å². The summed E-state index contributed by atoms with van der Waals surface area (Å²) in [5.74, 6) is 1.51. The van der Waals surface area contributed by atoms with Crippen LogP contribution in [-0.4, -0.2) is 35.7 Å². The first-order valence-electron chi connectivity index (χ1n) is 8.03. The summed E-state index contributed by atoms with van der Waals surface area (Å²) in [4.78, 5) is 13.6. The fourth-order valence-electron chi connectivity index (χ4n) is 2.14. The summed E-state index contributed by atoms with van der Waals surface area (Å²) in [6.07, 6.45) is 0.150. The summed E-state index contributed by atoms with van der Waals surface area (Å²) in [7, 11) is 1.71. The van der Waals surface area contributed by atoms with Crippen molar-refractivity contribution in [3.05, 3.63) is 60.2 Å². The van der Waals surface area contributed by atoms with Crippen LogP contribution in [0.1, 0.15) is 18.9 Å². The quantitative estimate of drug-likeness (QED) is 0.819. The number of rotatable bonds is 7. The number of hydrogen-bond donors (Lipinski definition) is 2. The predicted molar refractivity (Wildman–Crippen MR) is 94.1 cm³/mol. The Balaban J connectivity index is 1.87. The van der Waals surface area contributed by atoms with Gasteiger partial charge in [0.25, 0.3) is 0 Å². The van der Waals surface area contributed by atoms with Gasteiger partial charge in [-0.1, -0.05) is 30.3 Å². The second kappa shape index (κ2) is 8.93. The molecule has 2 aromatic carbocycles. The van der Waals surface area contributed by atoms with Gasteiger partial charge in [-0.2, -0.15) is 0 Å². The standard InChI is InChI=1S/C19H24N2O3/c1-15(22)11-12-21(2)19(23)20-14-16-7-6-10-18(13-16)24-17-8-4-3-5-9-17/h3-10,13,15,22H,11-12,14H2,1-2H3,(H,20,23). The van der Waals surface area contributed by atoms with E-state index in [4.69, 9.17) is 4.74 Å². The van der Waals surface area contributed by atoms with Gasteiger partial charge in [0.1, 0.15) is 11.5 Å². The molecule has 0 aliphatic carbocycles. The van der Waals surface area contributed by atoms with Crippen LogP contribution in [0.4, 0.5) is 4.79 Å². The van der Waals surface area contributed by atoms with Crippen molar-refractivity contribution in [2.24, 2.45) is 0 Å². The monoisotopic (exact) mass is 328 g/mol. The molecule has 0 spiro atoms. The number of aliphatic hydroxyl groups excluding tert-OH is 1. The molecule has 0 radical (unpaired) electrons. The van der Waals surface area contributed by atoms with E-state index in [1.165, 1.54) is 0 Å². The number of nitrogens with one attached hydrogen (secondary N) is 1. The lowest BCUT2D eigenvalue weighted by Crippen LogP contribution is -2.38. The Bertz CT molecular complexity index is 644. The summed E-state index contributed by atoms with van der Waals surface area (Å²) in [6.45, 7) is 2.65. The Kier molecular flexibility index (Phi) is 6.63. The summed E-state index contributed by atoms with van der Waals surface area (Å²) in [5.41, 5.74) is 0.959. The maximum Gasteiger partial charge on any atom is 0.317 e. The van der Waals surface area contributed by atoms with E-state index in [0.29, 0.717) is 19.5 Å². The maximum absolute atomic E-state index is 12.0. The lowest BCUT2D eigenvalue weighted by Gasteiger charge is -2.18. The van der Waals surface area contributed by atoms with E-state index in [1.54, 1.807) is 18.9 Å². The van der Waals surface area contributed by atoms with Crippen LogP contribution in [0.25, 0.3) is 0 Å². The molecule has 2 aromatic rings. The number of carbonyl (C=O) groups is 1. The van der Waals surface area contributed by atoms with Crippen LogP contribution in [0.2, 0.25) is 0 Å². The normalized spacial score (nSPS) is 11.6. The minimum absolute atomic E-state index is 0.162. The molecule has 5 nitrogen and oxygen atoms in total. The van der Waals surface area contributed by atoms with Crippen LogP contribution < -0.4 is 10.1 Å². The first-order valence-corrected chi connectivity index (χ1v) is 8.03. The zero-order chi connectivity index (χ0) is 17.4. The molecule has 24 heavy (non-hydrogen) atoms. The zero-order valence-electron chi connectivity index (χ0n) is 14.1. The number of benzene rings is 2. The molecule has 0 fully saturated rings. The molecule has 5 heteroatoms. The lowest BCUT2D eigenvalue weighted by atomic mass is 10.2. The second-order valence-electron chi connectivity index (χ2n) is 5.78. The van der Waals surface area contributed by atoms with Crippen molar-refractivity contribution in [3.63, 3.8) is 0 Å². The molecule has 0 aliphatic heterocycles. The average molecular weight is 328 g/mol. The second-order valence-corrected chi connectivity index (χ2v) is 5.78. The van der Waals surface area contributed by atoms with Crippen LogP contribution in [0, 0.1) is 0 Å². The SMILES string of the molecule is CC(O)CCN(C)C(=O)NCc1cccc(Oc2ccccc2)c1. The molecule has 0 saturated carbocycles. The van der Waals surface area contributed by atoms with Gasteiger partial charge in [0, 0.05) is 20.1 Å². The summed E-state index contributed by atoms with van der Waals surface area (Å²) < 4.78 is 5.79. The van der Waals surface area contributed by atoms with Crippen molar-refractivity contribution >= 4 is 6.03 Å². The van der Waals surface area contributed by atoms with Crippen molar-refractivity contribution in [2.75, 3.05) is 13.6 Å². The van der Waals surface area contributed by atoms with E-state index >= 15 is 0 Å². The zero-order valence-corrected chi connectivity index (χ0v) is 14.1. The Hall–Kier alpha value is -2.53. The molecule has 1 unspecified atom stereocenters. The number of ether oxygens (including phenoxy) is 1. The van der Waals surface area contributed by atoms with Crippen LogP contribution in [0.5, 0.6) is 11.5 Å². The van der Waals surface area contributed by atoms with Gasteiger partial charge in [-0.05, 0) is 43.2 Å². The molecule has 128 valence electrons. The van der Waals surface area contributed by atoms with E-state index in [-0.39, 0.29) is 6.03 Å². The van der Waals surface area contributed by atoms with Crippen molar-refractivity contribution in [1.82, 2.24) is 10.2 Å². The minimum Gasteiger partial charge on any atom is -0.457 e. The summed E-state index contributed by atoms with van der Waals surface area (Å²) in [6, 6.07) is 17.0. The fourth-order valence-corrected chi connectivity index (χ4v) is 2.14. The molecule has 0 heterocycles. The lowest BCUT2D eigenvalue weighted by molar-refractivity contribution is 0.163. The average Bonchev–Trinajstić information content (AvgIpc) is 2.58. The topological polar surface area (TPSA) is 61.8 Å². The number of hydrogen-bond acceptors (Lipinski definition) is 3. The number of carbonyl (C=O) groups excluding carboxylic acids is 1. The number of nitrogens with zero attached hydrogens (tertiary/aromatic N) is 1. The Morgan fingerprint density at radius 1 is 1.17 bits per heavy atom. The molecule has 2 rings (SSSR count). The highest BCUT2D eigenvalue weighted by atomic mass is 16.5. The third-order valence-electron chi connectivity index (χ3n) is 3.55. The van der Waals surface area contributed by atoms with Crippen LogP contribution in [0.3, 0.4) is 0 Å². The molecule has 0 saturated heterocycles. The van der Waals surface area contributed by atoms with E-state index in [1.807, 2.05) is 54.6 Å². The molecule has 1 atom stereocenters. The molecule has 0 bridgehead atoms. The first-order chi connectivity index (χ1) is 11.5. The number of para-hydroxylation sites is 1. The highest BCUT2D eigenvalue weighted by Gasteiger charge is 2.09. The van der Waals surface area contributed by atoms with Crippen LogP contribution in [-0.2, 0) is 6.54 Å². The van der Waals surface area contributed by atoms with Crippen LogP contribution >= 0.6 is 0 Å². The fraction of sp³-hybridized carbons (Fsp3) is 0.316. The van der Waals surface area contributed by atoms with E-state index < -0.39 is 6.10 Å². The highest BCUT2D eigenvalue weighted by Crippen LogP contribution is 2.21. The highest BCUT2D eigenvalue weighted by molar-refractivity contribution is 5.73. The van der Waals surface area contributed by atoms with Gasteiger partial charge in [0.05, 0.1) is 6.10 Å². The molecule has 2 amide bonds. The van der Waals surface area contributed by atoms with Crippen molar-refractivity contribution in [1.29, 1.82) is 0 Å². The van der Waals surface area contributed by atoms with Crippen molar-refractivity contribution in [3.8, 4) is 11.5 Å². The van der Waals surface area contributed by atoms with E-state index in [2.05, 4.69) is 5.32 Å². The molecular weight excluding hydrogens is 304 g/mol. The first kappa shape index (κ1) is 17.8. The van der Waals surface area contributed by atoms with Gasteiger partial charge in [-0.3, -0.25) is 0 Å². The van der Waals surface area contributed by atoms with Crippen LogP contribution in [0.15, 0.2) is 54.6 Å². The number of aliphatic hydroxyl groups is 1.